The molecule has 1 saturated heterocycles. The van der Waals surface area contributed by atoms with Gasteiger partial charge in [-0.3, -0.25) is 9.69 Å². The molecule has 1 aliphatic rings. The van der Waals surface area contributed by atoms with Gasteiger partial charge in [0.2, 0.25) is 0 Å². The number of ketones is 1. The standard InChI is InChI=1S/C19H29NO/c1-13-7-8-14(2)17(11-13)18(21)15(3)20-10-9-16(12-20)19(4,5)6/h7-8,11,15-16H,9-10,12H2,1-6H3. The predicted octanol–water partition coefficient (Wildman–Crippen LogP) is 4.24. The van der Waals surface area contributed by atoms with Crippen LogP contribution in [-0.2, 0) is 0 Å². The SMILES string of the molecule is Cc1ccc(C)c(C(=O)C(C)N2CCC(C(C)(C)C)C2)c1. The summed E-state index contributed by atoms with van der Waals surface area (Å²) in [5.74, 6) is 0.956. The lowest BCUT2D eigenvalue weighted by Gasteiger charge is -2.29. The van der Waals surface area contributed by atoms with Crippen LogP contribution in [0.1, 0.15) is 55.6 Å². The molecule has 116 valence electrons. The van der Waals surface area contributed by atoms with Gasteiger partial charge in [-0.2, -0.15) is 0 Å². The Kier molecular flexibility index (Phi) is 4.57. The van der Waals surface area contributed by atoms with Crippen molar-refractivity contribution in [2.24, 2.45) is 11.3 Å². The topological polar surface area (TPSA) is 20.3 Å². The quantitative estimate of drug-likeness (QED) is 0.775. The molecular weight excluding hydrogens is 258 g/mol. The molecule has 0 aromatic heterocycles. The maximum absolute atomic E-state index is 12.8. The Morgan fingerprint density at radius 3 is 2.52 bits per heavy atom. The van der Waals surface area contributed by atoms with Crippen LogP contribution in [0.5, 0.6) is 0 Å². The smallest absolute Gasteiger partial charge is 0.179 e. The van der Waals surface area contributed by atoms with Crippen LogP contribution in [0.4, 0.5) is 0 Å². The number of rotatable bonds is 3. The molecule has 0 spiro atoms. The van der Waals surface area contributed by atoms with Gasteiger partial charge in [0.25, 0.3) is 0 Å². The number of Topliss-reactive ketones (excluding diaryl/α,β-unsaturated/α-hetero) is 1. The highest BCUT2D eigenvalue weighted by Gasteiger charge is 2.35. The highest BCUT2D eigenvalue weighted by atomic mass is 16.1. The van der Waals surface area contributed by atoms with E-state index in [0.717, 1.165) is 29.8 Å². The normalized spacial score (nSPS) is 21.5. The van der Waals surface area contributed by atoms with E-state index >= 15 is 0 Å². The summed E-state index contributed by atoms with van der Waals surface area (Å²) in [7, 11) is 0. The highest BCUT2D eigenvalue weighted by molar-refractivity contribution is 6.01. The molecule has 0 bridgehead atoms. The molecule has 0 N–H and O–H groups in total. The maximum Gasteiger partial charge on any atom is 0.179 e. The van der Waals surface area contributed by atoms with Crippen molar-refractivity contribution in [2.75, 3.05) is 13.1 Å². The fraction of sp³-hybridized carbons (Fsp3) is 0.632. The Hall–Kier alpha value is -1.15. The molecule has 0 radical (unpaired) electrons. The summed E-state index contributed by atoms with van der Waals surface area (Å²) < 4.78 is 0. The summed E-state index contributed by atoms with van der Waals surface area (Å²) in [6.45, 7) is 15.1. The molecule has 1 heterocycles. The average molecular weight is 287 g/mol. The molecule has 0 aliphatic carbocycles. The molecule has 1 aliphatic heterocycles. The lowest BCUT2D eigenvalue weighted by molar-refractivity contribution is 0.0852. The van der Waals surface area contributed by atoms with Gasteiger partial charge in [-0.25, -0.2) is 0 Å². The van der Waals surface area contributed by atoms with Gasteiger partial charge in [0, 0.05) is 12.1 Å². The van der Waals surface area contributed by atoms with Crippen molar-refractivity contribution in [1.29, 1.82) is 0 Å². The monoisotopic (exact) mass is 287 g/mol. The van der Waals surface area contributed by atoms with E-state index in [9.17, 15) is 4.79 Å². The Balaban J connectivity index is 2.12. The van der Waals surface area contributed by atoms with Crippen LogP contribution < -0.4 is 0 Å². The number of carbonyl (C=O) groups is 1. The minimum Gasteiger partial charge on any atom is -0.293 e. The van der Waals surface area contributed by atoms with Crippen LogP contribution in [0.25, 0.3) is 0 Å². The van der Waals surface area contributed by atoms with Gasteiger partial charge in [-0.15, -0.1) is 0 Å². The van der Waals surface area contributed by atoms with Gasteiger partial charge in [0.1, 0.15) is 0 Å². The Bertz CT molecular complexity index is 527. The number of hydrogen-bond acceptors (Lipinski definition) is 2. The number of aryl methyl sites for hydroxylation is 2. The summed E-state index contributed by atoms with van der Waals surface area (Å²) in [5.41, 5.74) is 3.47. The van der Waals surface area contributed by atoms with Gasteiger partial charge < -0.3 is 0 Å². The maximum atomic E-state index is 12.8. The molecular formula is C19H29NO. The summed E-state index contributed by atoms with van der Waals surface area (Å²) in [5, 5.41) is 0. The van der Waals surface area contributed by atoms with E-state index in [4.69, 9.17) is 0 Å². The van der Waals surface area contributed by atoms with E-state index in [1.54, 1.807) is 0 Å². The second-order valence-electron chi connectivity index (χ2n) is 7.71. The van der Waals surface area contributed by atoms with Crippen molar-refractivity contribution in [3.63, 3.8) is 0 Å². The second kappa shape index (κ2) is 5.92. The zero-order valence-electron chi connectivity index (χ0n) is 14.4. The van der Waals surface area contributed by atoms with Crippen molar-refractivity contribution in [3.05, 3.63) is 34.9 Å². The summed E-state index contributed by atoms with van der Waals surface area (Å²) >= 11 is 0. The van der Waals surface area contributed by atoms with Crippen LogP contribution in [0.2, 0.25) is 0 Å². The molecule has 1 aromatic carbocycles. The predicted molar refractivity (Wildman–Crippen MR) is 88.8 cm³/mol. The molecule has 21 heavy (non-hydrogen) atoms. The first-order valence-corrected chi connectivity index (χ1v) is 8.05. The van der Waals surface area contributed by atoms with E-state index in [2.05, 4.69) is 44.7 Å². The van der Waals surface area contributed by atoms with Crippen LogP contribution in [0.15, 0.2) is 18.2 Å². The van der Waals surface area contributed by atoms with E-state index in [1.807, 2.05) is 19.9 Å². The molecule has 2 atom stereocenters. The first-order chi connectivity index (χ1) is 9.70. The third kappa shape index (κ3) is 3.55. The van der Waals surface area contributed by atoms with Gasteiger partial charge >= 0.3 is 0 Å². The molecule has 2 rings (SSSR count). The number of nitrogens with zero attached hydrogens (tertiary/aromatic N) is 1. The summed E-state index contributed by atoms with van der Waals surface area (Å²) in [6.07, 6.45) is 1.20. The van der Waals surface area contributed by atoms with Crippen LogP contribution in [-0.4, -0.2) is 29.8 Å². The Morgan fingerprint density at radius 2 is 1.95 bits per heavy atom. The highest BCUT2D eigenvalue weighted by Crippen LogP contribution is 2.34. The summed E-state index contributed by atoms with van der Waals surface area (Å²) in [4.78, 5) is 15.2. The summed E-state index contributed by atoms with van der Waals surface area (Å²) in [6, 6.07) is 6.14. The van der Waals surface area contributed by atoms with Crippen molar-refractivity contribution in [1.82, 2.24) is 4.90 Å². The third-order valence-corrected chi connectivity index (χ3v) is 5.03. The minimum absolute atomic E-state index is 0.0159. The average Bonchev–Trinajstić information content (AvgIpc) is 2.89. The van der Waals surface area contributed by atoms with Crippen LogP contribution in [0.3, 0.4) is 0 Å². The fourth-order valence-electron chi connectivity index (χ4n) is 3.24. The van der Waals surface area contributed by atoms with Crippen molar-refractivity contribution in [2.45, 2.75) is 54.0 Å². The minimum atomic E-state index is -0.0159. The van der Waals surface area contributed by atoms with Gasteiger partial charge in [-0.05, 0) is 56.7 Å². The van der Waals surface area contributed by atoms with Gasteiger partial charge in [0.15, 0.2) is 5.78 Å². The van der Waals surface area contributed by atoms with Crippen LogP contribution >= 0.6 is 0 Å². The van der Waals surface area contributed by atoms with Gasteiger partial charge in [0.05, 0.1) is 6.04 Å². The van der Waals surface area contributed by atoms with E-state index in [0.29, 0.717) is 11.3 Å². The van der Waals surface area contributed by atoms with E-state index < -0.39 is 0 Å². The van der Waals surface area contributed by atoms with E-state index in [-0.39, 0.29) is 11.8 Å². The Labute approximate surface area is 129 Å². The van der Waals surface area contributed by atoms with Crippen molar-refractivity contribution >= 4 is 5.78 Å². The molecule has 0 amide bonds. The molecule has 1 aromatic rings. The number of likely N-dealkylation sites (tertiary alicyclic amines) is 1. The number of hydrogen-bond donors (Lipinski definition) is 0. The molecule has 2 heteroatoms. The Morgan fingerprint density at radius 1 is 1.29 bits per heavy atom. The molecule has 0 saturated carbocycles. The lowest BCUT2D eigenvalue weighted by atomic mass is 9.80. The molecule has 2 unspecified atom stereocenters. The number of carbonyl (C=O) groups excluding carboxylic acids is 1. The first-order valence-electron chi connectivity index (χ1n) is 8.05. The third-order valence-electron chi connectivity index (χ3n) is 5.03. The van der Waals surface area contributed by atoms with E-state index in [1.165, 1.54) is 6.42 Å². The zero-order chi connectivity index (χ0) is 15.8. The zero-order valence-corrected chi connectivity index (χ0v) is 14.4. The second-order valence-corrected chi connectivity index (χ2v) is 7.71. The lowest BCUT2D eigenvalue weighted by Crippen LogP contribution is -2.38. The van der Waals surface area contributed by atoms with Gasteiger partial charge in [-0.1, -0.05) is 38.5 Å². The van der Waals surface area contributed by atoms with Crippen LogP contribution in [0, 0.1) is 25.2 Å². The number of benzene rings is 1. The van der Waals surface area contributed by atoms with Crippen molar-refractivity contribution < 1.29 is 4.79 Å². The molecule has 2 nitrogen and oxygen atoms in total. The molecule has 1 fully saturated rings. The largest absolute Gasteiger partial charge is 0.293 e. The fourth-order valence-corrected chi connectivity index (χ4v) is 3.24. The van der Waals surface area contributed by atoms with Crippen molar-refractivity contribution in [3.8, 4) is 0 Å². The first kappa shape index (κ1) is 16.2.